The molecule has 0 aliphatic rings. The quantitative estimate of drug-likeness (QED) is 0.716. The Hall–Kier alpha value is 0.280. The van der Waals surface area contributed by atoms with Gasteiger partial charge in [-0.2, -0.15) is 0 Å². The van der Waals surface area contributed by atoms with Crippen LogP contribution in [-0.2, 0) is 6.42 Å². The molecule has 3 heteroatoms. The number of hydrogen-bond donors (Lipinski definition) is 0. The molecule has 0 N–H and O–H groups in total. The standard InChI is InChI=1S/C9H9BrCl2/c10-5-1-2-7-3-4-8(11)6-9(7)12/h3-4,6H,1-2,5H2. The van der Waals surface area contributed by atoms with Gasteiger partial charge >= 0.3 is 0 Å². The van der Waals surface area contributed by atoms with Crippen LogP contribution in [0.25, 0.3) is 0 Å². The zero-order chi connectivity index (χ0) is 8.97. The van der Waals surface area contributed by atoms with Gasteiger partial charge in [0.2, 0.25) is 0 Å². The van der Waals surface area contributed by atoms with Crippen molar-refractivity contribution in [2.45, 2.75) is 12.8 Å². The topological polar surface area (TPSA) is 0 Å². The first-order valence-electron chi connectivity index (χ1n) is 3.74. The maximum absolute atomic E-state index is 5.97. The Bertz CT molecular complexity index is 261. The maximum Gasteiger partial charge on any atom is 0.0452 e. The lowest BCUT2D eigenvalue weighted by atomic mass is 10.1. The van der Waals surface area contributed by atoms with Gasteiger partial charge in [0.1, 0.15) is 0 Å². The van der Waals surface area contributed by atoms with E-state index in [1.807, 2.05) is 12.1 Å². The van der Waals surface area contributed by atoms with Crippen molar-refractivity contribution in [2.24, 2.45) is 0 Å². The summed E-state index contributed by atoms with van der Waals surface area (Å²) < 4.78 is 0. The molecule has 0 radical (unpaired) electrons. The van der Waals surface area contributed by atoms with Gasteiger partial charge < -0.3 is 0 Å². The molecule has 0 amide bonds. The zero-order valence-electron chi connectivity index (χ0n) is 6.49. The normalized spacial score (nSPS) is 10.2. The largest absolute Gasteiger partial charge is 0.0928 e. The first-order chi connectivity index (χ1) is 5.74. The zero-order valence-corrected chi connectivity index (χ0v) is 9.59. The molecule has 0 saturated carbocycles. The molecule has 0 aromatic heterocycles. The second-order valence-electron chi connectivity index (χ2n) is 2.53. The fraction of sp³-hybridized carbons (Fsp3) is 0.333. The molecule has 0 fully saturated rings. The fourth-order valence-electron chi connectivity index (χ4n) is 0.982. The Balaban J connectivity index is 2.72. The van der Waals surface area contributed by atoms with Crippen LogP contribution in [0.4, 0.5) is 0 Å². The average molecular weight is 268 g/mol. The molecular formula is C9H9BrCl2. The molecule has 1 aromatic rings. The molecule has 0 spiro atoms. The van der Waals surface area contributed by atoms with Gasteiger partial charge in [-0.15, -0.1) is 0 Å². The van der Waals surface area contributed by atoms with E-state index in [9.17, 15) is 0 Å². The van der Waals surface area contributed by atoms with Crippen LogP contribution in [0, 0.1) is 0 Å². The van der Waals surface area contributed by atoms with Gasteiger partial charge in [-0.3, -0.25) is 0 Å². The van der Waals surface area contributed by atoms with Gasteiger partial charge in [0.15, 0.2) is 0 Å². The van der Waals surface area contributed by atoms with Crippen molar-refractivity contribution in [3.8, 4) is 0 Å². The third-order valence-electron chi connectivity index (χ3n) is 1.59. The van der Waals surface area contributed by atoms with Crippen LogP contribution in [0.5, 0.6) is 0 Å². The molecule has 0 unspecified atom stereocenters. The highest BCUT2D eigenvalue weighted by molar-refractivity contribution is 9.09. The predicted octanol–water partition coefficient (Wildman–Crippen LogP) is 4.32. The number of alkyl halides is 1. The molecule has 1 rings (SSSR count). The van der Waals surface area contributed by atoms with E-state index in [0.717, 1.165) is 23.2 Å². The van der Waals surface area contributed by atoms with Crippen molar-refractivity contribution in [2.75, 3.05) is 5.33 Å². The highest BCUT2D eigenvalue weighted by Gasteiger charge is 1.99. The molecule has 0 nitrogen and oxygen atoms in total. The van der Waals surface area contributed by atoms with E-state index in [0.29, 0.717) is 5.02 Å². The van der Waals surface area contributed by atoms with Gasteiger partial charge in [0, 0.05) is 15.4 Å². The van der Waals surface area contributed by atoms with E-state index in [-0.39, 0.29) is 0 Å². The minimum Gasteiger partial charge on any atom is -0.0928 e. The minimum absolute atomic E-state index is 0.697. The first kappa shape index (κ1) is 10.4. The van der Waals surface area contributed by atoms with E-state index in [4.69, 9.17) is 23.2 Å². The summed E-state index contributed by atoms with van der Waals surface area (Å²) in [4.78, 5) is 0. The van der Waals surface area contributed by atoms with Crippen molar-refractivity contribution in [1.29, 1.82) is 0 Å². The van der Waals surface area contributed by atoms with Gasteiger partial charge in [-0.1, -0.05) is 45.2 Å². The van der Waals surface area contributed by atoms with E-state index in [1.165, 1.54) is 5.56 Å². The molecular weight excluding hydrogens is 259 g/mol. The Kier molecular flexibility index (Phi) is 4.41. The summed E-state index contributed by atoms with van der Waals surface area (Å²) >= 11 is 15.1. The fourth-order valence-corrected chi connectivity index (χ4v) is 1.77. The van der Waals surface area contributed by atoms with Crippen molar-refractivity contribution >= 4 is 39.1 Å². The summed E-state index contributed by atoms with van der Waals surface area (Å²) in [5.74, 6) is 0. The number of halogens is 3. The molecule has 0 atom stereocenters. The van der Waals surface area contributed by atoms with Crippen LogP contribution in [0.2, 0.25) is 10.0 Å². The third-order valence-corrected chi connectivity index (χ3v) is 2.74. The summed E-state index contributed by atoms with van der Waals surface area (Å²) in [6.07, 6.45) is 2.10. The van der Waals surface area contributed by atoms with Gasteiger partial charge in [-0.05, 0) is 30.5 Å². The van der Waals surface area contributed by atoms with Crippen LogP contribution in [0.3, 0.4) is 0 Å². The molecule has 0 bridgehead atoms. The number of rotatable bonds is 3. The van der Waals surface area contributed by atoms with Gasteiger partial charge in [-0.25, -0.2) is 0 Å². The number of aryl methyl sites for hydroxylation is 1. The Labute approximate surface area is 91.0 Å². The lowest BCUT2D eigenvalue weighted by Gasteiger charge is -2.02. The number of hydrogen-bond acceptors (Lipinski definition) is 0. The SMILES string of the molecule is Clc1ccc(CCCBr)c(Cl)c1. The Morgan fingerprint density at radius 2 is 2.00 bits per heavy atom. The second-order valence-corrected chi connectivity index (χ2v) is 4.16. The van der Waals surface area contributed by atoms with E-state index >= 15 is 0 Å². The van der Waals surface area contributed by atoms with Crippen molar-refractivity contribution < 1.29 is 0 Å². The molecule has 1 aromatic carbocycles. The van der Waals surface area contributed by atoms with Crippen molar-refractivity contribution in [3.63, 3.8) is 0 Å². The van der Waals surface area contributed by atoms with E-state index in [1.54, 1.807) is 6.07 Å². The molecule has 66 valence electrons. The summed E-state index contributed by atoms with van der Waals surface area (Å²) in [5, 5.41) is 2.47. The first-order valence-corrected chi connectivity index (χ1v) is 5.61. The van der Waals surface area contributed by atoms with Crippen LogP contribution < -0.4 is 0 Å². The Morgan fingerprint density at radius 3 is 2.58 bits per heavy atom. The van der Waals surface area contributed by atoms with Crippen LogP contribution >= 0.6 is 39.1 Å². The highest BCUT2D eigenvalue weighted by atomic mass is 79.9. The van der Waals surface area contributed by atoms with E-state index < -0.39 is 0 Å². The number of benzene rings is 1. The lowest BCUT2D eigenvalue weighted by molar-refractivity contribution is 0.940. The highest BCUT2D eigenvalue weighted by Crippen LogP contribution is 2.22. The van der Waals surface area contributed by atoms with Gasteiger partial charge in [0.05, 0.1) is 0 Å². The smallest absolute Gasteiger partial charge is 0.0452 e. The van der Waals surface area contributed by atoms with Crippen molar-refractivity contribution in [3.05, 3.63) is 33.8 Å². The summed E-state index contributed by atoms with van der Waals surface area (Å²) in [6, 6.07) is 5.64. The van der Waals surface area contributed by atoms with Crippen LogP contribution in [0.15, 0.2) is 18.2 Å². The third kappa shape index (κ3) is 2.96. The second kappa shape index (κ2) is 5.11. The van der Waals surface area contributed by atoms with Gasteiger partial charge in [0.25, 0.3) is 0 Å². The summed E-state index contributed by atoms with van der Waals surface area (Å²) in [5.41, 5.74) is 1.17. The van der Waals surface area contributed by atoms with E-state index in [2.05, 4.69) is 15.9 Å². The van der Waals surface area contributed by atoms with Crippen LogP contribution in [-0.4, -0.2) is 5.33 Å². The minimum atomic E-state index is 0.697. The molecule has 0 aliphatic carbocycles. The molecule has 0 aliphatic heterocycles. The summed E-state index contributed by atoms with van der Waals surface area (Å²) in [7, 11) is 0. The maximum atomic E-state index is 5.97. The molecule has 0 saturated heterocycles. The van der Waals surface area contributed by atoms with Crippen LogP contribution in [0.1, 0.15) is 12.0 Å². The average Bonchev–Trinajstić information content (AvgIpc) is 2.03. The van der Waals surface area contributed by atoms with Crippen molar-refractivity contribution in [1.82, 2.24) is 0 Å². The summed E-state index contributed by atoms with van der Waals surface area (Å²) in [6.45, 7) is 0. The lowest BCUT2D eigenvalue weighted by Crippen LogP contribution is -1.86. The molecule has 12 heavy (non-hydrogen) atoms. The molecule has 0 heterocycles. The monoisotopic (exact) mass is 266 g/mol. The Morgan fingerprint density at radius 1 is 1.25 bits per heavy atom. The predicted molar refractivity (Wildman–Crippen MR) is 58.6 cm³/mol.